The van der Waals surface area contributed by atoms with Crippen LogP contribution in [0.15, 0.2) is 3.20 Å². The minimum absolute atomic E-state index is 0.958. The molecule has 14 valence electrons. The fourth-order valence-electron chi connectivity index (χ4n) is 0. The number of nitrogens with zero attached hydrogens (tertiary/aromatic N) is 2. The first kappa shape index (κ1) is 6.12. The van der Waals surface area contributed by atoms with Gasteiger partial charge in [0.25, 0.3) is 0 Å². The molecule has 0 bridgehead atoms. The molecule has 0 heterocycles. The molecule has 4 heteroatoms. The predicted octanol–water partition coefficient (Wildman–Crippen LogP) is -0.394. The Bertz CT molecular complexity index is 19.2. The Kier molecular flexibility index (Phi) is 7.83. The summed E-state index contributed by atoms with van der Waals surface area (Å²) in [6.07, 6.45) is 0. The molecule has 0 saturated heterocycles. The molecule has 0 saturated carbocycles. The van der Waals surface area contributed by atoms with E-state index >= 15 is 0 Å². The molecule has 0 aliphatic rings. The quantitative estimate of drug-likeness (QED) is 0.298. The van der Waals surface area contributed by atoms with Gasteiger partial charge in [-0.25, -0.2) is 0 Å². The van der Waals surface area contributed by atoms with Crippen LogP contribution in [0.4, 0.5) is 0 Å². The minimum atomic E-state index is 0.958. The zero-order valence-corrected chi connectivity index (χ0v) is 6.73. The second-order valence-electron chi connectivity index (χ2n) is 0.283. The van der Waals surface area contributed by atoms with Crippen molar-refractivity contribution in [2.45, 2.75) is 0 Å². The van der Waals surface area contributed by atoms with Crippen molar-refractivity contribution >= 4 is 72.3 Å². The fraction of sp³-hybridized carbons (Fsp3) is 0. The molecule has 0 rings (SSSR count). The number of hydrogen-bond acceptors (Lipinski definition) is 2. The van der Waals surface area contributed by atoms with E-state index in [0.717, 1.165) is 72.3 Å². The van der Waals surface area contributed by atoms with E-state index < -0.39 is 0 Å². The standard InChI is InChI=1S/2Ca.N2/c;;1-2/q2*+1;-2. The van der Waals surface area contributed by atoms with Gasteiger partial charge in [0, 0.05) is 0 Å². The molecule has 0 aromatic carbocycles. The fourth-order valence-corrected chi connectivity index (χ4v) is 0. The van der Waals surface area contributed by atoms with Gasteiger partial charge >= 0.3 is 75.5 Å². The van der Waals surface area contributed by atoms with E-state index in [1.54, 1.807) is 0 Å². The third-order valence-electron chi connectivity index (χ3n) is 0.1000. The van der Waals surface area contributed by atoms with Crippen molar-refractivity contribution in [3.63, 3.8) is 0 Å². The van der Waals surface area contributed by atoms with Gasteiger partial charge in [-0.15, -0.1) is 0 Å². The predicted molar refractivity (Wildman–Crippen MR) is 16.4 cm³/mol. The molecule has 2 radical (unpaired) electrons. The van der Waals surface area contributed by atoms with Crippen molar-refractivity contribution < 1.29 is 0 Å². The van der Waals surface area contributed by atoms with E-state index in [1.165, 1.54) is 0 Å². The van der Waals surface area contributed by atoms with Gasteiger partial charge < -0.3 is 0 Å². The molecule has 0 aromatic heterocycles. The van der Waals surface area contributed by atoms with Crippen LogP contribution in [0, 0.1) is 0 Å². The average molecular weight is 108 g/mol. The van der Waals surface area contributed by atoms with Crippen LogP contribution in [-0.4, -0.2) is 72.3 Å². The van der Waals surface area contributed by atoms with E-state index in [-0.39, 0.29) is 0 Å². The van der Waals surface area contributed by atoms with Crippen LogP contribution in [0.2, 0.25) is 0 Å². The molecule has 0 fully saturated rings. The summed E-state index contributed by atoms with van der Waals surface area (Å²) in [6, 6.07) is 0. The maximum absolute atomic E-state index is 3.54. The zero-order chi connectivity index (χ0) is 3.41. The SMILES string of the molecule is [Ca][N]=[N][Ca]. The molecule has 0 unspecified atom stereocenters. The number of rotatable bonds is 0. The van der Waals surface area contributed by atoms with Gasteiger partial charge in [-0.3, -0.25) is 0 Å². The summed E-state index contributed by atoms with van der Waals surface area (Å²) >= 11 is 1.92. The van der Waals surface area contributed by atoms with E-state index in [2.05, 4.69) is 3.20 Å². The third-order valence-corrected chi connectivity index (χ3v) is 1.70. The topological polar surface area (TPSA) is 24.7 Å². The molecule has 2 nitrogen and oxygen atoms in total. The summed E-state index contributed by atoms with van der Waals surface area (Å²) in [6.45, 7) is 0. The summed E-state index contributed by atoms with van der Waals surface area (Å²) in [5.74, 6) is 0. The Balaban J connectivity index is 2.55. The Morgan fingerprint density at radius 1 is 1.00 bits per heavy atom. The first-order valence-corrected chi connectivity index (χ1v) is 2.81. The van der Waals surface area contributed by atoms with Crippen LogP contribution in [0.5, 0.6) is 0 Å². The first-order valence-electron chi connectivity index (χ1n) is 0.832. The van der Waals surface area contributed by atoms with Crippen molar-refractivity contribution in [2.24, 2.45) is 3.20 Å². The second kappa shape index (κ2) is 5.12. The van der Waals surface area contributed by atoms with Crippen LogP contribution < -0.4 is 0 Å². The number of hydrogen-bond donors (Lipinski definition) is 0. The van der Waals surface area contributed by atoms with Crippen molar-refractivity contribution in [3.05, 3.63) is 0 Å². The van der Waals surface area contributed by atoms with Gasteiger partial charge in [0.2, 0.25) is 0 Å². The molecule has 0 atom stereocenters. The molecular weight excluding hydrogens is 108 g/mol. The average Bonchev–Trinajstić information content (AvgIpc) is 1.37. The van der Waals surface area contributed by atoms with Gasteiger partial charge in [0.15, 0.2) is 0 Å². The second-order valence-corrected chi connectivity index (χ2v) is 1.17. The van der Waals surface area contributed by atoms with Crippen LogP contribution in [-0.2, 0) is 0 Å². The van der Waals surface area contributed by atoms with E-state index in [1.807, 2.05) is 0 Å². The zero-order valence-electron chi connectivity index (χ0n) is 2.31. The van der Waals surface area contributed by atoms with E-state index in [4.69, 9.17) is 0 Å². The Morgan fingerprint density at radius 2 is 1.25 bits per heavy atom. The molecule has 0 N–H and O–H groups in total. The molecule has 0 aromatic rings. The van der Waals surface area contributed by atoms with E-state index in [0.29, 0.717) is 0 Å². The summed E-state index contributed by atoms with van der Waals surface area (Å²) in [5.41, 5.74) is 0. The van der Waals surface area contributed by atoms with Gasteiger partial charge in [0.05, 0.1) is 0 Å². The summed E-state index contributed by atoms with van der Waals surface area (Å²) in [5, 5.41) is 0. The monoisotopic (exact) mass is 108 g/mol. The molecule has 0 amide bonds. The van der Waals surface area contributed by atoms with E-state index in [9.17, 15) is 0 Å². The third kappa shape index (κ3) is 4.12. The van der Waals surface area contributed by atoms with Crippen LogP contribution in [0.25, 0.3) is 0 Å². The van der Waals surface area contributed by atoms with Crippen LogP contribution in [0.3, 0.4) is 0 Å². The molecule has 0 spiro atoms. The molecule has 0 aliphatic carbocycles. The Hall–Kier alpha value is 2.12. The van der Waals surface area contributed by atoms with Crippen molar-refractivity contribution in [1.29, 1.82) is 0 Å². The molecule has 4 heavy (non-hydrogen) atoms. The summed E-state index contributed by atoms with van der Waals surface area (Å²) < 4.78 is 7.08. The normalized spacial score (nSPS) is 8.50. The van der Waals surface area contributed by atoms with Crippen LogP contribution >= 0.6 is 0 Å². The van der Waals surface area contributed by atoms with Crippen molar-refractivity contribution in [2.75, 3.05) is 0 Å². The summed E-state index contributed by atoms with van der Waals surface area (Å²) in [7, 11) is 0. The molecule has 0 aliphatic heterocycles. The van der Waals surface area contributed by atoms with Crippen LogP contribution in [0.1, 0.15) is 0 Å². The van der Waals surface area contributed by atoms with Crippen molar-refractivity contribution in [3.8, 4) is 0 Å². The van der Waals surface area contributed by atoms with Gasteiger partial charge in [0.1, 0.15) is 0 Å². The maximum atomic E-state index is 3.54. The molecular formula is Ca2N2. The Morgan fingerprint density at radius 3 is 1.25 bits per heavy atom. The first-order chi connectivity index (χ1) is 1.91. The van der Waals surface area contributed by atoms with Crippen molar-refractivity contribution in [1.82, 2.24) is 0 Å². The van der Waals surface area contributed by atoms with Gasteiger partial charge in [-0.1, -0.05) is 0 Å². The van der Waals surface area contributed by atoms with Gasteiger partial charge in [-0.05, 0) is 0 Å². The summed E-state index contributed by atoms with van der Waals surface area (Å²) in [4.78, 5) is 0. The van der Waals surface area contributed by atoms with Gasteiger partial charge in [-0.2, -0.15) is 0 Å². The Labute approximate surface area is 73.6 Å².